The normalized spacial score (nSPS) is 9.18. The first-order chi connectivity index (χ1) is 5.24. The molecule has 0 N–H and O–H groups in total. The molecule has 1 aromatic carbocycles. The zero-order chi connectivity index (χ0) is 8.27. The predicted molar refractivity (Wildman–Crippen MR) is 46.6 cm³/mol. The van der Waals surface area contributed by atoms with Gasteiger partial charge in [0.25, 0.3) is 0 Å². The van der Waals surface area contributed by atoms with E-state index in [2.05, 4.69) is 11.8 Å². The van der Waals surface area contributed by atoms with E-state index < -0.39 is 0 Å². The van der Waals surface area contributed by atoms with Crippen molar-refractivity contribution in [3.05, 3.63) is 41.3 Å². The van der Waals surface area contributed by atoms with Gasteiger partial charge in [0.2, 0.25) is 0 Å². The van der Waals surface area contributed by atoms with E-state index in [0.29, 0.717) is 5.69 Å². The Kier molecular flexibility index (Phi) is 2.16. The molecule has 11 heavy (non-hydrogen) atoms. The van der Waals surface area contributed by atoms with E-state index in [1.54, 1.807) is 12.1 Å². The summed E-state index contributed by atoms with van der Waals surface area (Å²) in [4.78, 5) is 10.0. The van der Waals surface area contributed by atoms with E-state index in [9.17, 15) is 4.91 Å². The van der Waals surface area contributed by atoms with Gasteiger partial charge >= 0.3 is 0 Å². The Morgan fingerprint density at radius 1 is 1.36 bits per heavy atom. The average molecular weight is 147 g/mol. The summed E-state index contributed by atoms with van der Waals surface area (Å²) in [5.74, 6) is 0. The van der Waals surface area contributed by atoms with Gasteiger partial charge in [-0.1, -0.05) is 24.3 Å². The molecule has 56 valence electrons. The molecule has 0 fully saturated rings. The molecule has 0 aromatic heterocycles. The van der Waals surface area contributed by atoms with Crippen molar-refractivity contribution < 1.29 is 0 Å². The minimum Gasteiger partial charge on any atom is -0.145 e. The molecule has 0 bridgehead atoms. The van der Waals surface area contributed by atoms with Gasteiger partial charge in [0.1, 0.15) is 5.69 Å². The molecule has 0 heterocycles. The maximum Gasteiger partial charge on any atom is 0.108 e. The fourth-order valence-corrected chi connectivity index (χ4v) is 0.807. The Labute approximate surface area is 65.5 Å². The monoisotopic (exact) mass is 147 g/mol. The molecule has 0 radical (unpaired) electrons. The topological polar surface area (TPSA) is 29.4 Å². The maximum atomic E-state index is 10.0. The molecular weight excluding hydrogens is 138 g/mol. The Morgan fingerprint density at radius 3 is 2.27 bits per heavy atom. The van der Waals surface area contributed by atoms with Gasteiger partial charge in [0.05, 0.1) is 0 Å². The molecule has 2 heteroatoms. The van der Waals surface area contributed by atoms with Gasteiger partial charge in [-0.2, -0.15) is 0 Å². The molecule has 0 unspecified atom stereocenters. The third kappa shape index (κ3) is 1.74. The highest BCUT2D eigenvalue weighted by molar-refractivity contribution is 5.62. The Hall–Kier alpha value is -1.44. The van der Waals surface area contributed by atoms with Gasteiger partial charge < -0.3 is 0 Å². The molecule has 0 saturated carbocycles. The van der Waals surface area contributed by atoms with Crippen molar-refractivity contribution in [3.63, 3.8) is 0 Å². The molecule has 0 atom stereocenters. The van der Waals surface area contributed by atoms with Crippen molar-refractivity contribution in [2.75, 3.05) is 0 Å². The number of allylic oxidation sites excluding steroid dienone is 1. The Bertz CT molecular complexity index is 274. The zero-order valence-corrected chi connectivity index (χ0v) is 6.37. The van der Waals surface area contributed by atoms with Crippen LogP contribution in [0.3, 0.4) is 0 Å². The molecule has 0 saturated heterocycles. The van der Waals surface area contributed by atoms with Gasteiger partial charge in [-0.15, -0.1) is 4.91 Å². The largest absolute Gasteiger partial charge is 0.145 e. The van der Waals surface area contributed by atoms with Crippen LogP contribution in [0.4, 0.5) is 5.69 Å². The van der Waals surface area contributed by atoms with E-state index in [1.165, 1.54) is 0 Å². The highest BCUT2D eigenvalue weighted by atomic mass is 16.3. The average Bonchev–Trinajstić information content (AvgIpc) is 2.05. The van der Waals surface area contributed by atoms with Crippen LogP contribution in [0.5, 0.6) is 0 Å². The smallest absolute Gasteiger partial charge is 0.108 e. The van der Waals surface area contributed by atoms with Crippen LogP contribution in [0.25, 0.3) is 5.57 Å². The lowest BCUT2D eigenvalue weighted by molar-refractivity contribution is 1.47. The lowest BCUT2D eigenvalue weighted by atomic mass is 10.1. The van der Waals surface area contributed by atoms with Crippen molar-refractivity contribution in [1.29, 1.82) is 0 Å². The molecule has 0 amide bonds. The van der Waals surface area contributed by atoms with Crippen molar-refractivity contribution in [2.45, 2.75) is 6.92 Å². The van der Waals surface area contributed by atoms with E-state index in [1.807, 2.05) is 19.1 Å². The molecule has 0 aliphatic carbocycles. The van der Waals surface area contributed by atoms with Crippen LogP contribution in [0.2, 0.25) is 0 Å². The summed E-state index contributed by atoms with van der Waals surface area (Å²) in [7, 11) is 0. The lowest BCUT2D eigenvalue weighted by Crippen LogP contribution is -1.74. The number of benzene rings is 1. The van der Waals surface area contributed by atoms with Crippen LogP contribution in [-0.4, -0.2) is 0 Å². The van der Waals surface area contributed by atoms with Crippen LogP contribution < -0.4 is 0 Å². The van der Waals surface area contributed by atoms with Gasteiger partial charge in [0.15, 0.2) is 0 Å². The number of rotatable bonds is 2. The number of hydrogen-bond donors (Lipinski definition) is 0. The summed E-state index contributed by atoms with van der Waals surface area (Å²) in [6.07, 6.45) is 0. The maximum absolute atomic E-state index is 10.0. The number of nitrogens with zero attached hydrogens (tertiary/aromatic N) is 1. The molecule has 1 aromatic rings. The van der Waals surface area contributed by atoms with E-state index >= 15 is 0 Å². The molecular formula is C9H9NO. The first kappa shape index (κ1) is 7.66. The number of nitroso groups, excluding NO2 is 1. The summed E-state index contributed by atoms with van der Waals surface area (Å²) in [6, 6.07) is 7.02. The summed E-state index contributed by atoms with van der Waals surface area (Å²) in [6.45, 7) is 5.69. The quantitative estimate of drug-likeness (QED) is 0.591. The van der Waals surface area contributed by atoms with Crippen molar-refractivity contribution in [1.82, 2.24) is 0 Å². The third-order valence-corrected chi connectivity index (χ3v) is 1.47. The second kappa shape index (κ2) is 3.10. The minimum absolute atomic E-state index is 0.454. The first-order valence-corrected chi connectivity index (χ1v) is 3.33. The van der Waals surface area contributed by atoms with Crippen LogP contribution >= 0.6 is 0 Å². The Morgan fingerprint density at radius 2 is 1.91 bits per heavy atom. The fourth-order valence-electron chi connectivity index (χ4n) is 0.807. The minimum atomic E-state index is 0.454. The van der Waals surface area contributed by atoms with E-state index in [4.69, 9.17) is 0 Å². The highest BCUT2D eigenvalue weighted by Gasteiger charge is 1.92. The zero-order valence-electron chi connectivity index (χ0n) is 6.37. The van der Waals surface area contributed by atoms with Gasteiger partial charge in [0, 0.05) is 0 Å². The van der Waals surface area contributed by atoms with E-state index in [0.717, 1.165) is 11.1 Å². The van der Waals surface area contributed by atoms with Crippen molar-refractivity contribution in [3.8, 4) is 0 Å². The van der Waals surface area contributed by atoms with Crippen LogP contribution in [0.1, 0.15) is 12.5 Å². The summed E-state index contributed by atoms with van der Waals surface area (Å²) in [5, 5.41) is 2.79. The van der Waals surface area contributed by atoms with Gasteiger partial charge in [-0.25, -0.2) is 0 Å². The van der Waals surface area contributed by atoms with E-state index in [-0.39, 0.29) is 0 Å². The molecule has 1 rings (SSSR count). The van der Waals surface area contributed by atoms with Crippen molar-refractivity contribution >= 4 is 11.3 Å². The standard InChI is InChI=1S/C9H9NO/c1-7(2)8-3-5-9(10-11)6-4-8/h3-6H,1H2,2H3. The second-order valence-electron chi connectivity index (χ2n) is 2.42. The number of hydrogen-bond acceptors (Lipinski definition) is 2. The molecule has 0 spiro atoms. The Balaban J connectivity index is 3.00. The van der Waals surface area contributed by atoms with Gasteiger partial charge in [-0.3, -0.25) is 0 Å². The third-order valence-electron chi connectivity index (χ3n) is 1.47. The molecule has 0 aliphatic rings. The second-order valence-corrected chi connectivity index (χ2v) is 2.42. The summed E-state index contributed by atoms with van der Waals surface area (Å²) < 4.78 is 0. The van der Waals surface area contributed by atoms with Gasteiger partial charge in [-0.05, 0) is 29.8 Å². The summed E-state index contributed by atoms with van der Waals surface area (Å²) in [5.41, 5.74) is 2.48. The highest BCUT2D eigenvalue weighted by Crippen LogP contribution is 2.16. The first-order valence-electron chi connectivity index (χ1n) is 3.33. The summed E-state index contributed by atoms with van der Waals surface area (Å²) >= 11 is 0. The molecule has 0 aliphatic heterocycles. The van der Waals surface area contributed by atoms with Crippen molar-refractivity contribution in [2.24, 2.45) is 5.18 Å². The SMILES string of the molecule is C=C(C)c1ccc(N=O)cc1. The van der Waals surface area contributed by atoms with Crippen LogP contribution in [0, 0.1) is 4.91 Å². The molecule has 2 nitrogen and oxygen atoms in total. The fraction of sp³-hybridized carbons (Fsp3) is 0.111. The van der Waals surface area contributed by atoms with Crippen LogP contribution in [0.15, 0.2) is 36.0 Å². The lowest BCUT2D eigenvalue weighted by Gasteiger charge is -1.96. The predicted octanol–water partition coefficient (Wildman–Crippen LogP) is 3.12. The van der Waals surface area contributed by atoms with Crippen LogP contribution in [-0.2, 0) is 0 Å².